The molecule has 1 fully saturated rings. The number of pyridine rings is 1. The summed E-state index contributed by atoms with van der Waals surface area (Å²) in [7, 11) is 3.31. The molecule has 7 nitrogen and oxygen atoms in total. The fraction of sp³-hybridized carbons (Fsp3) is 0.409. The lowest BCUT2D eigenvalue weighted by Gasteiger charge is -2.45. The third-order valence-corrected chi connectivity index (χ3v) is 5.87. The first kappa shape index (κ1) is 21.9. The Hall–Kier alpha value is -3.30. The quantitative estimate of drug-likeness (QED) is 0.746. The standard InChI is InChI=1S/C22H26F3N7/c1-31(2)18-13-15(22(23,24)25)12-17(28-18)14-6-8-16(9-7-14)32-20(27)29-19(26)30-21(32)10-4-3-5-11-21/h6-9,12-13H,3-5,10-11H2,1-2H3,(H4,26,27,29,30). The van der Waals surface area contributed by atoms with Crippen molar-refractivity contribution in [3.63, 3.8) is 0 Å². The van der Waals surface area contributed by atoms with Crippen LogP contribution in [-0.2, 0) is 6.18 Å². The molecule has 4 rings (SSSR count). The Labute approximate surface area is 184 Å². The summed E-state index contributed by atoms with van der Waals surface area (Å²) in [4.78, 5) is 16.6. The van der Waals surface area contributed by atoms with Gasteiger partial charge in [-0.25, -0.2) is 9.98 Å². The second-order valence-electron chi connectivity index (χ2n) is 8.36. The van der Waals surface area contributed by atoms with Crippen molar-refractivity contribution < 1.29 is 13.2 Å². The fourth-order valence-electron chi connectivity index (χ4n) is 4.33. The lowest BCUT2D eigenvalue weighted by atomic mass is 9.87. The van der Waals surface area contributed by atoms with Crippen molar-refractivity contribution in [3.05, 3.63) is 42.0 Å². The van der Waals surface area contributed by atoms with Gasteiger partial charge in [-0.05, 0) is 49.9 Å². The molecule has 0 radical (unpaired) electrons. The molecule has 0 saturated heterocycles. The van der Waals surface area contributed by atoms with E-state index >= 15 is 0 Å². The van der Waals surface area contributed by atoms with Crippen LogP contribution >= 0.6 is 0 Å². The molecule has 0 unspecified atom stereocenters. The first-order valence-corrected chi connectivity index (χ1v) is 10.5. The summed E-state index contributed by atoms with van der Waals surface area (Å²) in [6.45, 7) is 0. The highest BCUT2D eigenvalue weighted by Crippen LogP contribution is 2.40. The molecule has 0 atom stereocenters. The third kappa shape index (κ3) is 4.09. The van der Waals surface area contributed by atoms with Crippen LogP contribution in [0.1, 0.15) is 37.7 Å². The fourth-order valence-corrected chi connectivity index (χ4v) is 4.33. The summed E-state index contributed by atoms with van der Waals surface area (Å²) in [6.07, 6.45) is 0.253. The summed E-state index contributed by atoms with van der Waals surface area (Å²) >= 11 is 0. The molecule has 0 amide bonds. The predicted octanol–water partition coefficient (Wildman–Crippen LogP) is 3.94. The number of hydrogen-bond acceptors (Lipinski definition) is 7. The topological polar surface area (TPSA) is 96.1 Å². The zero-order valence-corrected chi connectivity index (χ0v) is 18.0. The molecule has 1 spiro atoms. The number of benzene rings is 1. The highest BCUT2D eigenvalue weighted by Gasteiger charge is 2.42. The molecule has 32 heavy (non-hydrogen) atoms. The van der Waals surface area contributed by atoms with Crippen LogP contribution in [0.3, 0.4) is 0 Å². The Bertz CT molecular complexity index is 1050. The maximum atomic E-state index is 13.4. The van der Waals surface area contributed by atoms with E-state index in [1.807, 2.05) is 17.0 Å². The van der Waals surface area contributed by atoms with Crippen LogP contribution in [0, 0.1) is 0 Å². The van der Waals surface area contributed by atoms with Gasteiger partial charge in [-0.2, -0.15) is 18.2 Å². The van der Waals surface area contributed by atoms with Crippen LogP contribution in [0.25, 0.3) is 11.3 Å². The Morgan fingerprint density at radius 1 is 1.00 bits per heavy atom. The van der Waals surface area contributed by atoms with Gasteiger partial charge in [0.15, 0.2) is 0 Å². The minimum Gasteiger partial charge on any atom is -0.369 e. The highest BCUT2D eigenvalue weighted by molar-refractivity contribution is 6.05. The minimum absolute atomic E-state index is 0.168. The van der Waals surface area contributed by atoms with Crippen molar-refractivity contribution in [2.45, 2.75) is 43.9 Å². The number of aromatic nitrogens is 1. The number of alkyl halides is 3. The highest BCUT2D eigenvalue weighted by atomic mass is 19.4. The van der Waals surface area contributed by atoms with Gasteiger partial charge in [0.25, 0.3) is 0 Å². The average molecular weight is 445 g/mol. The molecule has 1 aromatic carbocycles. The largest absolute Gasteiger partial charge is 0.416 e. The lowest BCUT2D eigenvalue weighted by Crippen LogP contribution is -2.58. The van der Waals surface area contributed by atoms with Crippen LogP contribution in [0.4, 0.5) is 24.7 Å². The average Bonchev–Trinajstić information content (AvgIpc) is 2.73. The van der Waals surface area contributed by atoms with Crippen LogP contribution in [0.15, 0.2) is 46.4 Å². The predicted molar refractivity (Wildman–Crippen MR) is 121 cm³/mol. The molecule has 0 bridgehead atoms. The Kier molecular flexibility index (Phi) is 5.47. The lowest BCUT2D eigenvalue weighted by molar-refractivity contribution is -0.137. The molecule has 1 aliphatic heterocycles. The Morgan fingerprint density at radius 2 is 1.66 bits per heavy atom. The summed E-state index contributed by atoms with van der Waals surface area (Å²) in [5, 5.41) is 0. The second-order valence-corrected chi connectivity index (χ2v) is 8.36. The number of anilines is 2. The van der Waals surface area contributed by atoms with Gasteiger partial charge in [-0.15, -0.1) is 0 Å². The monoisotopic (exact) mass is 445 g/mol. The zero-order valence-electron chi connectivity index (χ0n) is 18.0. The minimum atomic E-state index is -4.47. The number of hydrogen-bond donors (Lipinski definition) is 2. The van der Waals surface area contributed by atoms with E-state index in [2.05, 4.69) is 15.0 Å². The normalized spacial score (nSPS) is 18.3. The van der Waals surface area contributed by atoms with E-state index < -0.39 is 17.4 Å². The maximum absolute atomic E-state index is 13.4. The van der Waals surface area contributed by atoms with Crippen molar-refractivity contribution in [2.75, 3.05) is 23.9 Å². The number of nitrogens with two attached hydrogens (primary N) is 2. The van der Waals surface area contributed by atoms with Gasteiger partial charge in [0.1, 0.15) is 11.5 Å². The van der Waals surface area contributed by atoms with E-state index in [0.717, 1.165) is 49.9 Å². The Morgan fingerprint density at radius 3 is 2.25 bits per heavy atom. The van der Waals surface area contributed by atoms with Crippen molar-refractivity contribution in [1.82, 2.24) is 4.98 Å². The van der Waals surface area contributed by atoms with Crippen molar-refractivity contribution >= 4 is 23.4 Å². The van der Waals surface area contributed by atoms with E-state index in [4.69, 9.17) is 11.5 Å². The van der Waals surface area contributed by atoms with Gasteiger partial charge in [-0.1, -0.05) is 18.6 Å². The molecule has 10 heteroatoms. The maximum Gasteiger partial charge on any atom is 0.416 e. The van der Waals surface area contributed by atoms with Crippen molar-refractivity contribution in [2.24, 2.45) is 21.5 Å². The van der Waals surface area contributed by atoms with Gasteiger partial charge in [-0.3, -0.25) is 4.90 Å². The first-order valence-electron chi connectivity index (χ1n) is 10.5. The molecule has 4 N–H and O–H groups in total. The van der Waals surface area contributed by atoms with Crippen LogP contribution < -0.4 is 21.3 Å². The molecular weight excluding hydrogens is 419 g/mol. The molecule has 2 aromatic rings. The molecular formula is C22H26F3N7. The number of rotatable bonds is 3. The molecule has 2 heterocycles. The van der Waals surface area contributed by atoms with E-state index in [1.165, 1.54) is 0 Å². The second kappa shape index (κ2) is 7.99. The van der Waals surface area contributed by atoms with Gasteiger partial charge in [0.2, 0.25) is 11.9 Å². The number of halogens is 3. The Balaban J connectivity index is 1.72. The number of aliphatic imine (C=N–C) groups is 2. The summed E-state index contributed by atoms with van der Waals surface area (Å²) < 4.78 is 40.2. The van der Waals surface area contributed by atoms with E-state index in [1.54, 1.807) is 31.1 Å². The van der Waals surface area contributed by atoms with Crippen molar-refractivity contribution in [3.8, 4) is 11.3 Å². The summed E-state index contributed by atoms with van der Waals surface area (Å²) in [6, 6.07) is 9.20. The molecule has 2 aliphatic rings. The van der Waals surface area contributed by atoms with Gasteiger partial charge in [0.05, 0.1) is 11.3 Å². The van der Waals surface area contributed by atoms with Crippen LogP contribution in [0.5, 0.6) is 0 Å². The number of guanidine groups is 2. The van der Waals surface area contributed by atoms with E-state index in [0.29, 0.717) is 5.56 Å². The summed E-state index contributed by atoms with van der Waals surface area (Å²) in [5.41, 5.74) is 12.4. The number of nitrogens with zero attached hydrogens (tertiary/aromatic N) is 5. The van der Waals surface area contributed by atoms with Gasteiger partial charge >= 0.3 is 6.18 Å². The third-order valence-electron chi connectivity index (χ3n) is 5.87. The molecule has 1 saturated carbocycles. The molecule has 1 aromatic heterocycles. The molecule has 170 valence electrons. The van der Waals surface area contributed by atoms with Crippen LogP contribution in [-0.4, -0.2) is 36.7 Å². The SMILES string of the molecule is CN(C)c1cc(C(F)(F)F)cc(-c2ccc(N3C(N)=NC(N)=NC34CCCCC4)cc2)n1. The van der Waals surface area contributed by atoms with Crippen molar-refractivity contribution in [1.29, 1.82) is 0 Å². The smallest absolute Gasteiger partial charge is 0.369 e. The van der Waals surface area contributed by atoms with Gasteiger partial charge in [0, 0.05) is 25.3 Å². The van der Waals surface area contributed by atoms with E-state index in [-0.39, 0.29) is 23.4 Å². The first-order chi connectivity index (χ1) is 15.1. The van der Waals surface area contributed by atoms with E-state index in [9.17, 15) is 13.2 Å². The van der Waals surface area contributed by atoms with Crippen LogP contribution in [0.2, 0.25) is 0 Å². The summed E-state index contributed by atoms with van der Waals surface area (Å²) in [5.74, 6) is 0.665. The van der Waals surface area contributed by atoms with Gasteiger partial charge < -0.3 is 16.4 Å². The zero-order chi connectivity index (χ0) is 23.1. The molecule has 1 aliphatic carbocycles.